The van der Waals surface area contributed by atoms with Crippen LogP contribution >= 0.6 is 0 Å². The van der Waals surface area contributed by atoms with Gasteiger partial charge in [0.2, 0.25) is 0 Å². The van der Waals surface area contributed by atoms with Crippen molar-refractivity contribution < 1.29 is 0 Å². The number of allylic oxidation sites excluding steroid dienone is 9. The van der Waals surface area contributed by atoms with E-state index in [1.165, 1.54) is 56.4 Å². The summed E-state index contributed by atoms with van der Waals surface area (Å²) >= 11 is 0. The van der Waals surface area contributed by atoms with Crippen molar-refractivity contribution in [2.45, 2.75) is 53.4 Å². The van der Waals surface area contributed by atoms with Crippen LogP contribution in [-0.2, 0) is 0 Å². The van der Waals surface area contributed by atoms with E-state index < -0.39 is 0 Å². The van der Waals surface area contributed by atoms with E-state index in [4.69, 9.17) is 9.98 Å². The minimum Gasteiger partial charge on any atom is -0.362 e. The zero-order chi connectivity index (χ0) is 19.4. The smallest absolute Gasteiger partial charge is 0.0685 e. The van der Waals surface area contributed by atoms with Crippen LogP contribution in [0.2, 0.25) is 0 Å². The highest BCUT2D eigenvalue weighted by Gasteiger charge is 2.23. The molecule has 0 amide bonds. The summed E-state index contributed by atoms with van der Waals surface area (Å²) in [5, 5.41) is 3.69. The van der Waals surface area contributed by atoms with Crippen LogP contribution in [0.1, 0.15) is 64.6 Å². The molecule has 1 aromatic rings. The van der Waals surface area contributed by atoms with Gasteiger partial charge in [0.15, 0.2) is 0 Å². The van der Waals surface area contributed by atoms with Crippen molar-refractivity contribution in [3.8, 4) is 0 Å². The fourth-order valence-electron chi connectivity index (χ4n) is 4.41. The fraction of sp³-hybridized carbons (Fsp3) is 0.333. The van der Waals surface area contributed by atoms with Crippen molar-refractivity contribution in [3.63, 3.8) is 0 Å². The van der Waals surface area contributed by atoms with Crippen LogP contribution in [-0.4, -0.2) is 16.4 Å². The first-order valence-electron chi connectivity index (χ1n) is 10.1. The third-order valence-corrected chi connectivity index (χ3v) is 6.49. The summed E-state index contributed by atoms with van der Waals surface area (Å²) in [6, 6.07) is 2.26. The molecule has 1 saturated heterocycles. The van der Waals surface area contributed by atoms with Crippen LogP contribution in [0.15, 0.2) is 68.3 Å². The highest BCUT2D eigenvalue weighted by atomic mass is 14.9. The monoisotopic (exact) mass is 370 g/mol. The molecule has 0 unspecified atom stereocenters. The molecule has 4 aliphatic rings. The molecule has 5 rings (SSSR count). The summed E-state index contributed by atoms with van der Waals surface area (Å²) in [4.78, 5) is 13.4. The minimum atomic E-state index is 0.985. The Morgan fingerprint density at radius 3 is 2.39 bits per heavy atom. The molecule has 0 aliphatic carbocycles. The molecule has 0 radical (unpaired) electrons. The van der Waals surface area contributed by atoms with Gasteiger partial charge < -0.3 is 10.3 Å². The highest BCUT2D eigenvalue weighted by molar-refractivity contribution is 6.12. The van der Waals surface area contributed by atoms with Crippen molar-refractivity contribution >= 4 is 22.6 Å². The number of H-pyrrole nitrogens is 1. The fourth-order valence-corrected chi connectivity index (χ4v) is 4.41. The third kappa shape index (κ3) is 2.67. The Kier molecular flexibility index (Phi) is 3.90. The van der Waals surface area contributed by atoms with Crippen molar-refractivity contribution in [2.75, 3.05) is 0 Å². The maximum absolute atomic E-state index is 4.99. The lowest BCUT2D eigenvalue weighted by Gasteiger charge is -2.09. The largest absolute Gasteiger partial charge is 0.362 e. The maximum Gasteiger partial charge on any atom is 0.0685 e. The van der Waals surface area contributed by atoms with Crippen molar-refractivity contribution in [2.24, 2.45) is 9.98 Å². The number of rotatable bonds is 0. The van der Waals surface area contributed by atoms with E-state index in [-0.39, 0.29) is 0 Å². The number of nitrogens with one attached hydrogen (secondary N) is 2. The number of aromatic amines is 1. The summed E-state index contributed by atoms with van der Waals surface area (Å²) in [5.74, 6) is 0. The van der Waals surface area contributed by atoms with Gasteiger partial charge >= 0.3 is 0 Å². The van der Waals surface area contributed by atoms with Crippen LogP contribution in [0, 0.1) is 0 Å². The van der Waals surface area contributed by atoms with E-state index >= 15 is 0 Å². The Hall–Kier alpha value is -2.88. The Balaban J connectivity index is 1.72. The Labute approximate surface area is 166 Å². The predicted octanol–water partition coefficient (Wildman–Crippen LogP) is 5.67. The molecule has 0 saturated carbocycles. The van der Waals surface area contributed by atoms with Crippen LogP contribution in [0.25, 0.3) is 11.1 Å². The number of aromatic nitrogens is 1. The first kappa shape index (κ1) is 17.2. The van der Waals surface area contributed by atoms with Crippen molar-refractivity contribution in [1.29, 1.82) is 0 Å². The summed E-state index contributed by atoms with van der Waals surface area (Å²) < 4.78 is 0. The molecular weight excluding hydrogens is 344 g/mol. The standard InChI is InChI=1S/C24H26N4/c1-13-17-11-24(25-12-17)16(4)23-10-9-22(28-23)15(3)21-8-7-20(27-21)14(2)19-6-5-18(13)26-19/h7-8,11-12,25-26H,5-6,9-10H2,1-4H3. The zero-order valence-electron chi connectivity index (χ0n) is 17.0. The summed E-state index contributed by atoms with van der Waals surface area (Å²) in [5.41, 5.74) is 14.5. The normalized spacial score (nSPS) is 21.7. The lowest BCUT2D eigenvalue weighted by molar-refractivity contribution is 1.03. The first-order valence-corrected chi connectivity index (χ1v) is 10.1. The van der Waals surface area contributed by atoms with Gasteiger partial charge in [-0.1, -0.05) is 0 Å². The van der Waals surface area contributed by atoms with Gasteiger partial charge in [-0.3, -0.25) is 4.99 Å². The Bertz CT molecular complexity index is 1110. The number of nitrogens with zero attached hydrogens (tertiary/aromatic N) is 2. The van der Waals surface area contributed by atoms with Gasteiger partial charge in [0, 0.05) is 34.7 Å². The third-order valence-electron chi connectivity index (χ3n) is 6.49. The van der Waals surface area contributed by atoms with Gasteiger partial charge in [-0.25, -0.2) is 4.99 Å². The molecule has 4 nitrogen and oxygen atoms in total. The molecule has 1 aromatic heterocycles. The summed E-state index contributed by atoms with van der Waals surface area (Å²) in [6.07, 6.45) is 10.5. The van der Waals surface area contributed by atoms with Gasteiger partial charge in [0.1, 0.15) is 0 Å². The van der Waals surface area contributed by atoms with E-state index in [1.807, 2.05) is 0 Å². The lowest BCUT2D eigenvalue weighted by atomic mass is 10.0. The Morgan fingerprint density at radius 1 is 0.786 bits per heavy atom. The maximum atomic E-state index is 4.99. The highest BCUT2D eigenvalue weighted by Crippen LogP contribution is 2.34. The SMILES string of the molecule is CC1=C2C=CC(=N2)C(C)=C2CCC(=C(C)c3c[nH]c(c3)C(C)=C3CCC1=N3)N2. The van der Waals surface area contributed by atoms with Gasteiger partial charge in [0.25, 0.3) is 0 Å². The molecule has 0 aromatic carbocycles. The Morgan fingerprint density at radius 2 is 1.57 bits per heavy atom. The molecule has 4 aliphatic heterocycles. The van der Waals surface area contributed by atoms with Crippen LogP contribution in [0.5, 0.6) is 0 Å². The molecule has 0 atom stereocenters. The number of hydrogen-bond acceptors (Lipinski definition) is 3. The molecule has 0 spiro atoms. The number of aliphatic imine (C=N–C) groups is 2. The quantitative estimate of drug-likeness (QED) is 0.607. The number of fused-ring (bicyclic) bond motifs is 6. The number of hydrogen-bond donors (Lipinski definition) is 2. The second kappa shape index (κ2) is 6.33. The second-order valence-corrected chi connectivity index (χ2v) is 8.10. The van der Waals surface area contributed by atoms with E-state index in [0.717, 1.165) is 37.1 Å². The molecular formula is C24H26N4. The van der Waals surface area contributed by atoms with Crippen LogP contribution in [0.4, 0.5) is 0 Å². The molecule has 4 heteroatoms. The van der Waals surface area contributed by atoms with Crippen LogP contribution < -0.4 is 5.32 Å². The van der Waals surface area contributed by atoms with Gasteiger partial charge in [-0.15, -0.1) is 0 Å². The van der Waals surface area contributed by atoms with Crippen molar-refractivity contribution in [3.05, 3.63) is 69.6 Å². The van der Waals surface area contributed by atoms with Gasteiger partial charge in [-0.05, 0) is 99.5 Å². The molecule has 5 heterocycles. The first-order chi connectivity index (χ1) is 13.5. The summed E-state index contributed by atoms with van der Waals surface area (Å²) in [6.45, 7) is 8.72. The van der Waals surface area contributed by atoms with Crippen LogP contribution in [0.3, 0.4) is 0 Å². The second-order valence-electron chi connectivity index (χ2n) is 8.10. The summed E-state index contributed by atoms with van der Waals surface area (Å²) in [7, 11) is 0. The molecule has 8 bridgehead atoms. The van der Waals surface area contributed by atoms with E-state index in [2.05, 4.69) is 62.4 Å². The molecule has 2 N–H and O–H groups in total. The van der Waals surface area contributed by atoms with E-state index in [0.29, 0.717) is 0 Å². The molecule has 142 valence electrons. The zero-order valence-corrected chi connectivity index (χ0v) is 17.0. The lowest BCUT2D eigenvalue weighted by Crippen LogP contribution is -2.09. The van der Waals surface area contributed by atoms with E-state index in [9.17, 15) is 0 Å². The van der Waals surface area contributed by atoms with Gasteiger partial charge in [0.05, 0.1) is 11.4 Å². The average Bonchev–Trinajstić information content (AvgIpc) is 3.49. The molecule has 1 fully saturated rings. The minimum absolute atomic E-state index is 0.985. The average molecular weight is 371 g/mol. The van der Waals surface area contributed by atoms with Crippen molar-refractivity contribution in [1.82, 2.24) is 10.3 Å². The topological polar surface area (TPSA) is 52.5 Å². The van der Waals surface area contributed by atoms with E-state index in [1.54, 1.807) is 0 Å². The van der Waals surface area contributed by atoms with Gasteiger partial charge in [-0.2, -0.15) is 0 Å². The predicted molar refractivity (Wildman–Crippen MR) is 117 cm³/mol. The molecule has 28 heavy (non-hydrogen) atoms.